The molecule has 1 aliphatic heterocycles. The van der Waals surface area contributed by atoms with Gasteiger partial charge in [0.25, 0.3) is 5.91 Å². The van der Waals surface area contributed by atoms with E-state index in [0.29, 0.717) is 28.2 Å². The van der Waals surface area contributed by atoms with E-state index in [1.54, 1.807) is 30.7 Å². The van der Waals surface area contributed by atoms with Crippen molar-refractivity contribution in [2.45, 2.75) is 6.92 Å². The molecule has 0 N–H and O–H groups in total. The van der Waals surface area contributed by atoms with E-state index in [4.69, 9.17) is 5.26 Å². The van der Waals surface area contributed by atoms with Gasteiger partial charge in [-0.1, -0.05) is 6.92 Å². The third-order valence-electron chi connectivity index (χ3n) is 4.26. The maximum absolute atomic E-state index is 12.4. The van der Waals surface area contributed by atoms with Crippen LogP contribution in [0.4, 0.5) is 0 Å². The number of likely N-dealkylation sites (tertiary alicyclic amines) is 1. The Morgan fingerprint density at radius 3 is 2.67 bits per heavy atom. The summed E-state index contributed by atoms with van der Waals surface area (Å²) in [6, 6.07) is 11.1. The van der Waals surface area contributed by atoms with Crippen LogP contribution >= 0.6 is 0 Å². The van der Waals surface area contributed by atoms with Crippen molar-refractivity contribution in [3.8, 4) is 11.8 Å². The summed E-state index contributed by atoms with van der Waals surface area (Å²) in [4.78, 5) is 23.0. The molecule has 1 aliphatic rings. The highest BCUT2D eigenvalue weighted by atomic mass is 16.2. The van der Waals surface area contributed by atoms with Crippen LogP contribution < -0.4 is 0 Å². The molecule has 0 bridgehead atoms. The molecule has 1 saturated heterocycles. The van der Waals surface area contributed by atoms with Crippen molar-refractivity contribution < 1.29 is 4.79 Å². The van der Waals surface area contributed by atoms with Crippen molar-refractivity contribution in [3.05, 3.63) is 54.0 Å². The Hall–Kier alpha value is -3.20. The Balaban J connectivity index is 1.67. The van der Waals surface area contributed by atoms with Crippen LogP contribution in [0.15, 0.2) is 42.9 Å². The molecule has 1 amide bonds. The van der Waals surface area contributed by atoms with Crippen molar-refractivity contribution in [2.75, 3.05) is 13.1 Å². The highest BCUT2D eigenvalue weighted by Gasteiger charge is 2.28. The molecule has 0 saturated carbocycles. The minimum absolute atomic E-state index is 0.00965. The first kappa shape index (κ1) is 14.4. The standard InChI is InChI=1S/C18H15N5O/c1-12-9-22(10-12)18(24)14-6-16-17(20-8-14)23(11-21-16)15-4-2-13(7-19)3-5-15/h2-6,8,11-12H,9-10H2,1H3. The predicted octanol–water partition coefficient (Wildman–Crippen LogP) is 2.38. The third kappa shape index (κ3) is 2.31. The Bertz CT molecular complexity index is 961. The second kappa shape index (κ2) is 5.46. The molecule has 3 heterocycles. The molecular formula is C18H15N5O. The molecule has 2 aromatic heterocycles. The van der Waals surface area contributed by atoms with E-state index < -0.39 is 0 Å². The molecule has 0 spiro atoms. The van der Waals surface area contributed by atoms with E-state index in [2.05, 4.69) is 23.0 Å². The quantitative estimate of drug-likeness (QED) is 0.727. The molecule has 118 valence electrons. The van der Waals surface area contributed by atoms with Crippen molar-refractivity contribution in [1.82, 2.24) is 19.4 Å². The molecule has 0 radical (unpaired) electrons. The number of carbonyl (C=O) groups excluding carboxylic acids is 1. The number of pyridine rings is 1. The zero-order valence-corrected chi connectivity index (χ0v) is 13.2. The van der Waals surface area contributed by atoms with Gasteiger partial charge < -0.3 is 4.90 Å². The molecule has 1 aromatic carbocycles. The van der Waals surface area contributed by atoms with Gasteiger partial charge in [-0.3, -0.25) is 9.36 Å². The Morgan fingerprint density at radius 1 is 1.25 bits per heavy atom. The fraction of sp³-hybridized carbons (Fsp3) is 0.222. The third-order valence-corrected chi connectivity index (χ3v) is 4.26. The molecule has 6 nitrogen and oxygen atoms in total. The molecule has 1 fully saturated rings. The van der Waals surface area contributed by atoms with E-state index in [0.717, 1.165) is 18.8 Å². The van der Waals surface area contributed by atoms with E-state index in [9.17, 15) is 4.79 Å². The van der Waals surface area contributed by atoms with Crippen LogP contribution in [0.1, 0.15) is 22.8 Å². The number of fused-ring (bicyclic) bond motifs is 1. The smallest absolute Gasteiger partial charge is 0.255 e. The van der Waals surface area contributed by atoms with E-state index in [1.165, 1.54) is 0 Å². The number of hydrogen-bond donors (Lipinski definition) is 0. The average molecular weight is 317 g/mol. The number of amides is 1. The molecule has 4 rings (SSSR count). The topological polar surface area (TPSA) is 74.8 Å². The van der Waals surface area contributed by atoms with Crippen LogP contribution in [0.25, 0.3) is 16.9 Å². The fourth-order valence-corrected chi connectivity index (χ4v) is 2.95. The van der Waals surface area contributed by atoms with Gasteiger partial charge in [-0.15, -0.1) is 0 Å². The number of aromatic nitrogens is 3. The van der Waals surface area contributed by atoms with Crippen molar-refractivity contribution >= 4 is 17.1 Å². The van der Waals surface area contributed by atoms with Crippen LogP contribution in [0.3, 0.4) is 0 Å². The zero-order valence-electron chi connectivity index (χ0n) is 13.2. The second-order valence-electron chi connectivity index (χ2n) is 6.16. The minimum atomic E-state index is 0.00965. The maximum Gasteiger partial charge on any atom is 0.255 e. The summed E-state index contributed by atoms with van der Waals surface area (Å²) >= 11 is 0. The number of nitriles is 1. The monoisotopic (exact) mass is 317 g/mol. The van der Waals surface area contributed by atoms with Gasteiger partial charge in [0.1, 0.15) is 11.8 Å². The van der Waals surface area contributed by atoms with Gasteiger partial charge >= 0.3 is 0 Å². The van der Waals surface area contributed by atoms with Crippen LogP contribution in [-0.2, 0) is 0 Å². The molecule has 3 aromatic rings. The lowest BCUT2D eigenvalue weighted by molar-refractivity contribution is 0.0530. The van der Waals surface area contributed by atoms with E-state index in [-0.39, 0.29) is 5.91 Å². The van der Waals surface area contributed by atoms with Crippen molar-refractivity contribution in [1.29, 1.82) is 5.26 Å². The van der Waals surface area contributed by atoms with Crippen LogP contribution in [0.2, 0.25) is 0 Å². The number of rotatable bonds is 2. The Morgan fingerprint density at radius 2 is 2.00 bits per heavy atom. The summed E-state index contributed by atoms with van der Waals surface area (Å²) in [6.07, 6.45) is 3.29. The van der Waals surface area contributed by atoms with Crippen molar-refractivity contribution in [3.63, 3.8) is 0 Å². The number of imidazole rings is 1. The minimum Gasteiger partial charge on any atom is -0.338 e. The number of benzene rings is 1. The number of hydrogen-bond acceptors (Lipinski definition) is 4. The van der Waals surface area contributed by atoms with Gasteiger partial charge in [0, 0.05) is 25.0 Å². The summed E-state index contributed by atoms with van der Waals surface area (Å²) in [5.74, 6) is 0.580. The SMILES string of the molecule is CC1CN(C(=O)c2cnc3c(c2)ncn3-c2ccc(C#N)cc2)C1. The zero-order chi connectivity index (χ0) is 16.7. The van der Waals surface area contributed by atoms with Gasteiger partial charge in [-0.25, -0.2) is 9.97 Å². The Labute approximate surface area is 139 Å². The predicted molar refractivity (Wildman–Crippen MR) is 88.6 cm³/mol. The molecular weight excluding hydrogens is 302 g/mol. The molecule has 0 atom stereocenters. The van der Waals surface area contributed by atoms with Crippen LogP contribution in [0.5, 0.6) is 0 Å². The van der Waals surface area contributed by atoms with Crippen molar-refractivity contribution in [2.24, 2.45) is 5.92 Å². The lowest BCUT2D eigenvalue weighted by Crippen LogP contribution is -2.48. The van der Waals surface area contributed by atoms with Crippen LogP contribution in [-0.4, -0.2) is 38.4 Å². The summed E-state index contributed by atoms with van der Waals surface area (Å²) in [5.41, 5.74) is 3.42. The van der Waals surface area contributed by atoms with Gasteiger partial charge in [0.2, 0.25) is 0 Å². The summed E-state index contributed by atoms with van der Waals surface area (Å²) in [6.45, 7) is 3.73. The van der Waals surface area contributed by atoms with Gasteiger partial charge in [-0.2, -0.15) is 5.26 Å². The summed E-state index contributed by atoms with van der Waals surface area (Å²) < 4.78 is 1.84. The van der Waals surface area contributed by atoms with Gasteiger partial charge in [0.05, 0.1) is 17.2 Å². The fourth-order valence-electron chi connectivity index (χ4n) is 2.95. The summed E-state index contributed by atoms with van der Waals surface area (Å²) in [5, 5.41) is 8.88. The van der Waals surface area contributed by atoms with E-state index in [1.807, 2.05) is 21.6 Å². The van der Waals surface area contributed by atoms with E-state index >= 15 is 0 Å². The lowest BCUT2D eigenvalue weighted by atomic mass is 10.0. The lowest BCUT2D eigenvalue weighted by Gasteiger charge is -2.37. The highest BCUT2D eigenvalue weighted by Crippen LogP contribution is 2.21. The average Bonchev–Trinajstić information content (AvgIpc) is 3.01. The first-order valence-corrected chi connectivity index (χ1v) is 7.78. The number of nitrogens with zero attached hydrogens (tertiary/aromatic N) is 5. The first-order valence-electron chi connectivity index (χ1n) is 7.78. The summed E-state index contributed by atoms with van der Waals surface area (Å²) in [7, 11) is 0. The molecule has 24 heavy (non-hydrogen) atoms. The highest BCUT2D eigenvalue weighted by molar-refractivity contribution is 5.96. The first-order chi connectivity index (χ1) is 11.7. The normalized spacial score (nSPS) is 14.4. The number of carbonyl (C=O) groups is 1. The second-order valence-corrected chi connectivity index (χ2v) is 6.16. The molecule has 6 heteroatoms. The molecule has 0 unspecified atom stereocenters. The largest absolute Gasteiger partial charge is 0.338 e. The van der Waals surface area contributed by atoms with Gasteiger partial charge in [0.15, 0.2) is 5.65 Å². The maximum atomic E-state index is 12.4. The van der Waals surface area contributed by atoms with Crippen LogP contribution in [0, 0.1) is 17.2 Å². The van der Waals surface area contributed by atoms with Gasteiger partial charge in [-0.05, 0) is 36.2 Å². The Kier molecular flexibility index (Phi) is 3.28. The molecule has 0 aliphatic carbocycles.